The lowest BCUT2D eigenvalue weighted by Crippen LogP contribution is -2.39. The van der Waals surface area contributed by atoms with Gasteiger partial charge in [0, 0.05) is 19.3 Å². The summed E-state index contributed by atoms with van der Waals surface area (Å²) in [4.78, 5) is 15.5. The molecule has 0 saturated carbocycles. The van der Waals surface area contributed by atoms with Gasteiger partial charge in [0.2, 0.25) is 0 Å². The van der Waals surface area contributed by atoms with Crippen molar-refractivity contribution in [3.05, 3.63) is 63.3 Å². The van der Waals surface area contributed by atoms with E-state index in [1.807, 2.05) is 0 Å². The Bertz CT molecular complexity index is 827. The maximum Gasteiger partial charge on any atom is 0.259 e. The molecule has 0 spiro atoms. The van der Waals surface area contributed by atoms with E-state index in [-0.39, 0.29) is 17.1 Å². The molecule has 1 aromatic carbocycles. The number of benzene rings is 1. The summed E-state index contributed by atoms with van der Waals surface area (Å²) < 4.78 is 20.2. The topological polar surface area (TPSA) is 54.7 Å². The van der Waals surface area contributed by atoms with Crippen molar-refractivity contribution in [2.75, 3.05) is 26.8 Å². The third-order valence-electron chi connectivity index (χ3n) is 5.26. The first-order valence-electron chi connectivity index (χ1n) is 9.44. The van der Waals surface area contributed by atoms with E-state index < -0.39 is 6.04 Å². The fourth-order valence-electron chi connectivity index (χ4n) is 3.87. The monoisotopic (exact) mass is 374 g/mol. The number of methoxy groups -OCH3 is 1. The Morgan fingerprint density at radius 1 is 1.19 bits per heavy atom. The predicted octanol–water partition coefficient (Wildman–Crippen LogP) is 3.22. The maximum atomic E-state index is 13.5. The fourth-order valence-corrected chi connectivity index (χ4v) is 3.87. The second kappa shape index (κ2) is 8.67. The molecule has 2 heterocycles. The Morgan fingerprint density at radius 3 is 2.48 bits per heavy atom. The predicted molar refractivity (Wildman–Crippen MR) is 103 cm³/mol. The number of aromatic hydroxyl groups is 1. The minimum atomic E-state index is -0.396. The summed E-state index contributed by atoms with van der Waals surface area (Å²) in [5.41, 5.74) is 1.64. The highest BCUT2D eigenvalue weighted by Gasteiger charge is 2.30. The highest BCUT2D eigenvalue weighted by molar-refractivity contribution is 5.41. The molecule has 1 aromatic heterocycles. The Kier molecular flexibility index (Phi) is 6.29. The molecule has 1 atom stereocenters. The highest BCUT2D eigenvalue weighted by Crippen LogP contribution is 2.34. The van der Waals surface area contributed by atoms with Crippen LogP contribution in [-0.4, -0.2) is 41.4 Å². The summed E-state index contributed by atoms with van der Waals surface area (Å²) in [5, 5.41) is 10.7. The van der Waals surface area contributed by atoms with E-state index in [4.69, 9.17) is 4.74 Å². The van der Waals surface area contributed by atoms with Crippen LogP contribution in [0.25, 0.3) is 0 Å². The van der Waals surface area contributed by atoms with Crippen molar-refractivity contribution < 1.29 is 14.2 Å². The SMILES string of the molecule is COCCn1c(C)cc(O)c([C@@H](c2ccc(F)cc2)N2CCCCC2)c1=O. The molecule has 0 unspecified atom stereocenters. The minimum Gasteiger partial charge on any atom is -0.507 e. The summed E-state index contributed by atoms with van der Waals surface area (Å²) in [6.07, 6.45) is 3.24. The van der Waals surface area contributed by atoms with Crippen LogP contribution in [-0.2, 0) is 11.3 Å². The van der Waals surface area contributed by atoms with Gasteiger partial charge in [0.15, 0.2) is 0 Å². The molecule has 0 bridgehead atoms. The van der Waals surface area contributed by atoms with Crippen LogP contribution in [0.4, 0.5) is 4.39 Å². The van der Waals surface area contributed by atoms with E-state index >= 15 is 0 Å². The van der Waals surface area contributed by atoms with Crippen molar-refractivity contribution in [3.63, 3.8) is 0 Å². The Balaban J connectivity index is 2.13. The zero-order chi connectivity index (χ0) is 19.4. The molecular formula is C21H27FN2O3. The number of piperidine rings is 1. The number of aromatic nitrogens is 1. The third-order valence-corrected chi connectivity index (χ3v) is 5.26. The van der Waals surface area contributed by atoms with Gasteiger partial charge in [-0.1, -0.05) is 18.6 Å². The number of halogens is 1. The summed E-state index contributed by atoms with van der Waals surface area (Å²) in [6.45, 7) is 4.31. The molecule has 6 heteroatoms. The van der Waals surface area contributed by atoms with Gasteiger partial charge < -0.3 is 14.4 Å². The van der Waals surface area contributed by atoms with Crippen LogP contribution in [0.3, 0.4) is 0 Å². The van der Waals surface area contributed by atoms with E-state index in [1.165, 1.54) is 12.1 Å². The van der Waals surface area contributed by atoms with Gasteiger partial charge >= 0.3 is 0 Å². The van der Waals surface area contributed by atoms with Crippen LogP contribution in [0.2, 0.25) is 0 Å². The molecule has 1 saturated heterocycles. The lowest BCUT2D eigenvalue weighted by atomic mass is 9.94. The zero-order valence-electron chi connectivity index (χ0n) is 15.9. The average molecular weight is 374 g/mol. The number of ether oxygens (including phenoxy) is 1. The van der Waals surface area contributed by atoms with Gasteiger partial charge in [-0.2, -0.15) is 0 Å². The Morgan fingerprint density at radius 2 is 1.85 bits per heavy atom. The van der Waals surface area contributed by atoms with Crippen LogP contribution in [0, 0.1) is 12.7 Å². The van der Waals surface area contributed by atoms with E-state index in [0.29, 0.717) is 24.4 Å². The van der Waals surface area contributed by atoms with Gasteiger partial charge in [-0.25, -0.2) is 4.39 Å². The number of aryl methyl sites for hydroxylation is 1. The number of pyridine rings is 1. The molecule has 1 fully saturated rings. The lowest BCUT2D eigenvalue weighted by molar-refractivity contribution is 0.178. The number of hydrogen-bond donors (Lipinski definition) is 1. The van der Waals surface area contributed by atoms with E-state index in [0.717, 1.165) is 37.9 Å². The second-order valence-electron chi connectivity index (χ2n) is 7.08. The third kappa shape index (κ3) is 4.22. The number of rotatable bonds is 6. The average Bonchev–Trinajstić information content (AvgIpc) is 2.66. The molecular weight excluding hydrogens is 347 g/mol. The number of likely N-dealkylation sites (tertiary alicyclic amines) is 1. The molecule has 3 rings (SSSR count). The molecule has 146 valence electrons. The molecule has 1 aliphatic heterocycles. The molecule has 5 nitrogen and oxygen atoms in total. The Hall–Kier alpha value is -2.18. The zero-order valence-corrected chi connectivity index (χ0v) is 15.9. The van der Waals surface area contributed by atoms with Crippen molar-refractivity contribution >= 4 is 0 Å². The van der Waals surface area contributed by atoms with Crippen LogP contribution >= 0.6 is 0 Å². The van der Waals surface area contributed by atoms with E-state index in [9.17, 15) is 14.3 Å². The van der Waals surface area contributed by atoms with Crippen molar-refractivity contribution in [3.8, 4) is 5.75 Å². The van der Waals surface area contributed by atoms with Crippen LogP contribution in [0.1, 0.15) is 42.1 Å². The highest BCUT2D eigenvalue weighted by atomic mass is 19.1. The van der Waals surface area contributed by atoms with Gasteiger partial charge in [0.05, 0.1) is 18.2 Å². The normalized spacial score (nSPS) is 16.4. The first kappa shape index (κ1) is 19.6. The number of hydrogen-bond acceptors (Lipinski definition) is 4. The smallest absolute Gasteiger partial charge is 0.259 e. The standard InChI is InChI=1S/C21H27FN2O3/c1-15-14-18(25)19(21(26)24(15)12-13-27-2)20(23-10-4-3-5-11-23)16-6-8-17(22)9-7-16/h6-9,14,20,25H,3-5,10-13H2,1-2H3/t20-/m1/s1. The van der Waals surface area contributed by atoms with Crippen molar-refractivity contribution in [1.29, 1.82) is 0 Å². The molecule has 27 heavy (non-hydrogen) atoms. The van der Waals surface area contributed by atoms with Gasteiger partial charge in [0.1, 0.15) is 11.6 Å². The van der Waals surface area contributed by atoms with Gasteiger partial charge in [-0.3, -0.25) is 9.69 Å². The molecule has 0 radical (unpaired) electrons. The molecule has 0 amide bonds. The van der Waals surface area contributed by atoms with Crippen LogP contribution in [0.5, 0.6) is 5.75 Å². The quantitative estimate of drug-likeness (QED) is 0.844. The van der Waals surface area contributed by atoms with Crippen LogP contribution < -0.4 is 5.56 Å². The minimum absolute atomic E-state index is 0.00827. The summed E-state index contributed by atoms with van der Waals surface area (Å²) in [7, 11) is 1.59. The second-order valence-corrected chi connectivity index (χ2v) is 7.08. The number of nitrogens with zero attached hydrogens (tertiary/aromatic N) is 2. The van der Waals surface area contributed by atoms with Gasteiger partial charge in [-0.05, 0) is 56.6 Å². The fraction of sp³-hybridized carbons (Fsp3) is 0.476. The van der Waals surface area contributed by atoms with E-state index in [2.05, 4.69) is 4.90 Å². The largest absolute Gasteiger partial charge is 0.507 e. The Labute approximate surface area is 159 Å². The van der Waals surface area contributed by atoms with E-state index in [1.54, 1.807) is 36.8 Å². The molecule has 0 aliphatic carbocycles. The lowest BCUT2D eigenvalue weighted by Gasteiger charge is -2.35. The maximum absolute atomic E-state index is 13.5. The van der Waals surface area contributed by atoms with Gasteiger partial charge in [0.25, 0.3) is 5.56 Å². The van der Waals surface area contributed by atoms with Crippen molar-refractivity contribution in [2.24, 2.45) is 0 Å². The molecule has 2 aromatic rings. The van der Waals surface area contributed by atoms with Crippen molar-refractivity contribution in [2.45, 2.75) is 38.8 Å². The van der Waals surface area contributed by atoms with Gasteiger partial charge in [-0.15, -0.1) is 0 Å². The summed E-state index contributed by atoms with van der Waals surface area (Å²) >= 11 is 0. The summed E-state index contributed by atoms with van der Waals surface area (Å²) in [5.74, 6) is -0.326. The first-order chi connectivity index (χ1) is 13.0. The molecule has 1 aliphatic rings. The first-order valence-corrected chi connectivity index (χ1v) is 9.44. The summed E-state index contributed by atoms with van der Waals surface area (Å²) in [6, 6.07) is 7.45. The van der Waals surface area contributed by atoms with Crippen molar-refractivity contribution in [1.82, 2.24) is 9.47 Å². The molecule has 1 N–H and O–H groups in total. The van der Waals surface area contributed by atoms with Crippen LogP contribution in [0.15, 0.2) is 35.1 Å².